The minimum absolute atomic E-state index is 0.0692. The summed E-state index contributed by atoms with van der Waals surface area (Å²) in [5, 5.41) is 13.0. The van der Waals surface area contributed by atoms with E-state index in [4.69, 9.17) is 5.11 Å². The molecule has 0 atom stereocenters. The lowest BCUT2D eigenvalue weighted by molar-refractivity contribution is -0.137. The number of aryl methyl sites for hydroxylation is 3. The summed E-state index contributed by atoms with van der Waals surface area (Å²) in [4.78, 5) is 14.9. The number of rotatable bonds is 4. The lowest BCUT2D eigenvalue weighted by Gasteiger charge is -1.96. The predicted molar refractivity (Wildman–Crippen MR) is 67.1 cm³/mol. The van der Waals surface area contributed by atoms with E-state index in [1.54, 1.807) is 11.7 Å². The Morgan fingerprint density at radius 3 is 2.89 bits per heavy atom. The zero-order valence-corrected chi connectivity index (χ0v) is 10.4. The van der Waals surface area contributed by atoms with Gasteiger partial charge in [-0.3, -0.25) is 9.48 Å². The summed E-state index contributed by atoms with van der Waals surface area (Å²) in [7, 11) is 1.78. The van der Waals surface area contributed by atoms with Gasteiger partial charge in [0.05, 0.1) is 6.42 Å². The second-order valence-corrected chi connectivity index (χ2v) is 4.24. The van der Waals surface area contributed by atoms with Gasteiger partial charge in [0.2, 0.25) is 0 Å². The molecule has 0 unspecified atom stereocenters. The summed E-state index contributed by atoms with van der Waals surface area (Å²) in [6.07, 6.45) is 0.463. The van der Waals surface area contributed by atoms with Crippen LogP contribution in [0.3, 0.4) is 0 Å². The standard InChI is InChI=1S/C13H15N3O2/c1-9-4-3-5-10(8-9)13-14-11(16(2)15-13)6-7-12(17)18/h3-5,8H,6-7H2,1-2H3,(H,17,18). The van der Waals surface area contributed by atoms with Crippen molar-refractivity contribution in [1.82, 2.24) is 14.8 Å². The van der Waals surface area contributed by atoms with Gasteiger partial charge in [-0.1, -0.05) is 23.8 Å². The Kier molecular flexibility index (Phi) is 3.41. The minimum Gasteiger partial charge on any atom is -0.481 e. The van der Waals surface area contributed by atoms with Gasteiger partial charge in [0.1, 0.15) is 5.82 Å². The number of hydrogen-bond acceptors (Lipinski definition) is 3. The van der Waals surface area contributed by atoms with Crippen LogP contribution in [0, 0.1) is 6.92 Å². The normalized spacial score (nSPS) is 10.6. The van der Waals surface area contributed by atoms with E-state index in [1.807, 2.05) is 31.2 Å². The number of carboxylic acids is 1. The first-order chi connectivity index (χ1) is 8.56. The zero-order chi connectivity index (χ0) is 13.1. The third-order valence-corrected chi connectivity index (χ3v) is 2.69. The first kappa shape index (κ1) is 12.3. The molecule has 94 valence electrons. The van der Waals surface area contributed by atoms with Gasteiger partial charge in [-0.05, 0) is 13.0 Å². The van der Waals surface area contributed by atoms with E-state index < -0.39 is 5.97 Å². The van der Waals surface area contributed by atoms with Gasteiger partial charge in [-0.15, -0.1) is 0 Å². The topological polar surface area (TPSA) is 68.0 Å². The van der Waals surface area contributed by atoms with Crippen LogP contribution in [0.1, 0.15) is 17.8 Å². The highest BCUT2D eigenvalue weighted by atomic mass is 16.4. The quantitative estimate of drug-likeness (QED) is 0.892. The molecule has 0 aliphatic carbocycles. The first-order valence-corrected chi connectivity index (χ1v) is 5.75. The van der Waals surface area contributed by atoms with Crippen molar-refractivity contribution in [1.29, 1.82) is 0 Å². The maximum absolute atomic E-state index is 10.5. The van der Waals surface area contributed by atoms with Gasteiger partial charge in [0.25, 0.3) is 0 Å². The minimum atomic E-state index is -0.824. The van der Waals surface area contributed by atoms with E-state index in [-0.39, 0.29) is 6.42 Å². The summed E-state index contributed by atoms with van der Waals surface area (Å²) in [6, 6.07) is 7.93. The van der Waals surface area contributed by atoms with Crippen molar-refractivity contribution in [2.24, 2.45) is 7.05 Å². The van der Waals surface area contributed by atoms with Crippen LogP contribution in [0.2, 0.25) is 0 Å². The summed E-state index contributed by atoms with van der Waals surface area (Å²) < 4.78 is 1.64. The van der Waals surface area contributed by atoms with E-state index in [2.05, 4.69) is 10.1 Å². The summed E-state index contributed by atoms with van der Waals surface area (Å²) in [5.74, 6) is 0.505. The predicted octanol–water partition coefficient (Wildman–Crippen LogP) is 1.81. The Morgan fingerprint density at radius 2 is 2.22 bits per heavy atom. The SMILES string of the molecule is Cc1cccc(-c2nc(CCC(=O)O)n(C)n2)c1. The molecule has 0 aliphatic rings. The fourth-order valence-electron chi connectivity index (χ4n) is 1.76. The molecule has 0 aliphatic heterocycles. The summed E-state index contributed by atoms with van der Waals surface area (Å²) in [5.41, 5.74) is 2.10. The Balaban J connectivity index is 2.25. The van der Waals surface area contributed by atoms with Crippen molar-refractivity contribution in [3.8, 4) is 11.4 Å². The van der Waals surface area contributed by atoms with Gasteiger partial charge < -0.3 is 5.11 Å². The maximum Gasteiger partial charge on any atom is 0.303 e. The summed E-state index contributed by atoms with van der Waals surface area (Å²) in [6.45, 7) is 2.01. The molecule has 0 fully saturated rings. The highest BCUT2D eigenvalue weighted by Crippen LogP contribution is 2.17. The maximum atomic E-state index is 10.5. The number of carbonyl (C=O) groups is 1. The van der Waals surface area contributed by atoms with E-state index in [0.717, 1.165) is 11.1 Å². The molecule has 1 aromatic heterocycles. The fourth-order valence-corrected chi connectivity index (χ4v) is 1.76. The zero-order valence-electron chi connectivity index (χ0n) is 10.4. The van der Waals surface area contributed by atoms with Crippen LogP contribution in [0.15, 0.2) is 24.3 Å². The lowest BCUT2D eigenvalue weighted by Crippen LogP contribution is -2.03. The van der Waals surface area contributed by atoms with Gasteiger partial charge in [-0.2, -0.15) is 5.10 Å². The Hall–Kier alpha value is -2.17. The lowest BCUT2D eigenvalue weighted by atomic mass is 10.1. The van der Waals surface area contributed by atoms with Gasteiger partial charge >= 0.3 is 5.97 Å². The molecule has 0 spiro atoms. The fraction of sp³-hybridized carbons (Fsp3) is 0.308. The second-order valence-electron chi connectivity index (χ2n) is 4.24. The van der Waals surface area contributed by atoms with Crippen molar-refractivity contribution in [2.75, 3.05) is 0 Å². The van der Waals surface area contributed by atoms with Crippen LogP contribution in [-0.2, 0) is 18.3 Å². The van der Waals surface area contributed by atoms with Crippen molar-refractivity contribution in [3.63, 3.8) is 0 Å². The molecule has 2 rings (SSSR count). The number of nitrogens with zero attached hydrogens (tertiary/aromatic N) is 3. The molecule has 0 saturated heterocycles. The van der Waals surface area contributed by atoms with E-state index in [9.17, 15) is 4.79 Å². The van der Waals surface area contributed by atoms with Crippen molar-refractivity contribution < 1.29 is 9.90 Å². The molecule has 2 aromatic rings. The van der Waals surface area contributed by atoms with Crippen LogP contribution in [-0.4, -0.2) is 25.8 Å². The van der Waals surface area contributed by atoms with Gasteiger partial charge in [0, 0.05) is 19.0 Å². The molecule has 0 radical (unpaired) electrons. The van der Waals surface area contributed by atoms with E-state index in [0.29, 0.717) is 18.1 Å². The van der Waals surface area contributed by atoms with Crippen LogP contribution in [0.5, 0.6) is 0 Å². The van der Waals surface area contributed by atoms with Crippen LogP contribution in [0.4, 0.5) is 0 Å². The Morgan fingerprint density at radius 1 is 1.44 bits per heavy atom. The highest BCUT2D eigenvalue weighted by Gasteiger charge is 2.10. The van der Waals surface area contributed by atoms with Crippen molar-refractivity contribution in [2.45, 2.75) is 19.8 Å². The molecule has 0 bridgehead atoms. The number of carboxylic acid groups (broad SMARTS) is 1. The molecular weight excluding hydrogens is 230 g/mol. The van der Waals surface area contributed by atoms with E-state index >= 15 is 0 Å². The van der Waals surface area contributed by atoms with E-state index in [1.165, 1.54) is 0 Å². The highest BCUT2D eigenvalue weighted by molar-refractivity contribution is 5.67. The molecule has 1 heterocycles. The van der Waals surface area contributed by atoms with Crippen LogP contribution < -0.4 is 0 Å². The molecule has 0 amide bonds. The molecule has 1 N–H and O–H groups in total. The first-order valence-electron chi connectivity index (χ1n) is 5.75. The van der Waals surface area contributed by atoms with Gasteiger partial charge in [0.15, 0.2) is 5.82 Å². The number of aliphatic carboxylic acids is 1. The third-order valence-electron chi connectivity index (χ3n) is 2.69. The monoisotopic (exact) mass is 245 g/mol. The van der Waals surface area contributed by atoms with Crippen molar-refractivity contribution in [3.05, 3.63) is 35.7 Å². The van der Waals surface area contributed by atoms with Crippen LogP contribution >= 0.6 is 0 Å². The second kappa shape index (κ2) is 5.00. The Bertz CT molecular complexity index is 575. The molecule has 0 saturated carbocycles. The average Bonchev–Trinajstić information content (AvgIpc) is 2.68. The molecule has 5 nitrogen and oxygen atoms in total. The smallest absolute Gasteiger partial charge is 0.303 e. The van der Waals surface area contributed by atoms with Crippen LogP contribution in [0.25, 0.3) is 11.4 Å². The average molecular weight is 245 g/mol. The molecule has 5 heteroatoms. The molecule has 1 aromatic carbocycles. The summed E-state index contributed by atoms with van der Waals surface area (Å²) >= 11 is 0. The third kappa shape index (κ3) is 2.74. The number of benzene rings is 1. The van der Waals surface area contributed by atoms with Crippen molar-refractivity contribution >= 4 is 5.97 Å². The Labute approximate surface area is 105 Å². The largest absolute Gasteiger partial charge is 0.481 e. The molecule has 18 heavy (non-hydrogen) atoms. The van der Waals surface area contributed by atoms with Gasteiger partial charge in [-0.25, -0.2) is 4.98 Å². The number of aromatic nitrogens is 3. The number of hydrogen-bond donors (Lipinski definition) is 1. The molecular formula is C13H15N3O2.